The van der Waals surface area contributed by atoms with Gasteiger partial charge in [-0.3, -0.25) is 14.6 Å². The summed E-state index contributed by atoms with van der Waals surface area (Å²) in [7, 11) is 2.04. The Morgan fingerprint density at radius 2 is 1.47 bits per heavy atom. The Kier molecular flexibility index (Phi) is 6.50. The van der Waals surface area contributed by atoms with Crippen molar-refractivity contribution in [3.63, 3.8) is 0 Å². The molecule has 2 aliphatic rings. The van der Waals surface area contributed by atoms with Crippen molar-refractivity contribution in [2.24, 2.45) is 0 Å². The molecular formula is C24H28F2N4O2. The van der Waals surface area contributed by atoms with Crippen LogP contribution in [0.25, 0.3) is 0 Å². The molecule has 3 heterocycles. The first-order valence-electron chi connectivity index (χ1n) is 11.0. The number of rotatable bonds is 3. The quantitative estimate of drug-likeness (QED) is 0.733. The Labute approximate surface area is 186 Å². The van der Waals surface area contributed by atoms with E-state index in [1.54, 1.807) is 0 Å². The fraction of sp³-hybridized carbons (Fsp3) is 0.458. The highest BCUT2D eigenvalue weighted by Crippen LogP contribution is 2.31. The van der Waals surface area contributed by atoms with E-state index in [9.17, 15) is 18.4 Å². The zero-order valence-electron chi connectivity index (χ0n) is 18.5. The van der Waals surface area contributed by atoms with Crippen LogP contribution in [0.15, 0.2) is 30.3 Å². The third kappa shape index (κ3) is 4.50. The molecule has 2 fully saturated rings. The normalized spacial score (nSPS) is 18.1. The number of likely N-dealkylation sites (tertiary alicyclic amines) is 1. The standard InChI is InChI=1S/C24H28F2N4O2/c1-16-6-7-18(23(31)30-14-12-28(2)13-15-30)22(27-16)17-8-10-29(11-9-17)24(32)21-19(25)4-3-5-20(21)26/h3-7,17H,8-15H2,1-2H3. The second kappa shape index (κ2) is 9.32. The van der Waals surface area contributed by atoms with Crippen molar-refractivity contribution >= 4 is 11.8 Å². The van der Waals surface area contributed by atoms with Crippen molar-refractivity contribution < 1.29 is 18.4 Å². The maximum atomic E-state index is 14.0. The number of aryl methyl sites for hydroxylation is 1. The summed E-state index contributed by atoms with van der Waals surface area (Å²) in [6.45, 7) is 5.66. The Bertz CT molecular complexity index is 993. The minimum Gasteiger partial charge on any atom is -0.338 e. The van der Waals surface area contributed by atoms with Gasteiger partial charge in [0.05, 0.1) is 11.3 Å². The van der Waals surface area contributed by atoms with Gasteiger partial charge in [0, 0.05) is 50.9 Å². The fourth-order valence-corrected chi connectivity index (χ4v) is 4.46. The first kappa shape index (κ1) is 22.3. The van der Waals surface area contributed by atoms with Crippen LogP contribution in [0.2, 0.25) is 0 Å². The maximum Gasteiger partial charge on any atom is 0.259 e. The minimum absolute atomic E-state index is 0.00691. The van der Waals surface area contributed by atoms with Gasteiger partial charge in [0.15, 0.2) is 0 Å². The van der Waals surface area contributed by atoms with E-state index >= 15 is 0 Å². The molecule has 0 saturated carbocycles. The Hall–Kier alpha value is -2.87. The molecule has 1 aromatic heterocycles. The van der Waals surface area contributed by atoms with E-state index in [2.05, 4.69) is 4.90 Å². The first-order valence-corrected chi connectivity index (χ1v) is 11.0. The smallest absolute Gasteiger partial charge is 0.259 e. The molecule has 0 bridgehead atoms. The number of piperidine rings is 1. The highest BCUT2D eigenvalue weighted by Gasteiger charge is 2.31. The fourth-order valence-electron chi connectivity index (χ4n) is 4.46. The van der Waals surface area contributed by atoms with Crippen molar-refractivity contribution in [3.8, 4) is 0 Å². The third-order valence-electron chi connectivity index (χ3n) is 6.43. The number of piperazine rings is 1. The van der Waals surface area contributed by atoms with Gasteiger partial charge < -0.3 is 14.7 Å². The molecule has 0 unspecified atom stereocenters. The van der Waals surface area contributed by atoms with Crippen LogP contribution in [-0.4, -0.2) is 77.8 Å². The average Bonchev–Trinajstić information content (AvgIpc) is 2.79. The molecule has 0 aliphatic carbocycles. The molecule has 0 atom stereocenters. The molecule has 8 heteroatoms. The summed E-state index contributed by atoms with van der Waals surface area (Å²) >= 11 is 0. The molecule has 32 heavy (non-hydrogen) atoms. The van der Waals surface area contributed by atoms with E-state index in [-0.39, 0.29) is 11.8 Å². The van der Waals surface area contributed by atoms with Crippen molar-refractivity contribution in [1.29, 1.82) is 0 Å². The van der Waals surface area contributed by atoms with E-state index in [0.29, 0.717) is 44.6 Å². The number of nitrogens with zero attached hydrogens (tertiary/aromatic N) is 4. The molecular weight excluding hydrogens is 414 g/mol. The topological polar surface area (TPSA) is 56.8 Å². The summed E-state index contributed by atoms with van der Waals surface area (Å²) in [4.78, 5) is 36.2. The summed E-state index contributed by atoms with van der Waals surface area (Å²) in [5.41, 5.74) is 1.70. The number of hydrogen-bond acceptors (Lipinski definition) is 4. The molecule has 0 radical (unpaired) electrons. The van der Waals surface area contributed by atoms with Crippen LogP contribution in [0.3, 0.4) is 0 Å². The van der Waals surface area contributed by atoms with E-state index < -0.39 is 23.1 Å². The molecule has 2 saturated heterocycles. The number of hydrogen-bond donors (Lipinski definition) is 0. The molecule has 2 amide bonds. The Balaban J connectivity index is 1.49. The predicted molar refractivity (Wildman–Crippen MR) is 117 cm³/mol. The van der Waals surface area contributed by atoms with Crippen molar-refractivity contribution in [2.75, 3.05) is 46.3 Å². The summed E-state index contributed by atoms with van der Waals surface area (Å²) in [5, 5.41) is 0. The van der Waals surface area contributed by atoms with Gasteiger partial charge in [0.25, 0.3) is 11.8 Å². The summed E-state index contributed by atoms with van der Waals surface area (Å²) in [6.07, 6.45) is 1.17. The Morgan fingerprint density at radius 3 is 2.09 bits per heavy atom. The number of pyridine rings is 1. The minimum atomic E-state index is -0.850. The van der Waals surface area contributed by atoms with Crippen LogP contribution in [0.4, 0.5) is 8.78 Å². The zero-order valence-corrected chi connectivity index (χ0v) is 18.5. The highest BCUT2D eigenvalue weighted by atomic mass is 19.1. The zero-order chi connectivity index (χ0) is 22.8. The van der Waals surface area contributed by atoms with Gasteiger partial charge in [-0.1, -0.05) is 6.07 Å². The number of carbonyl (C=O) groups excluding carboxylic acids is 2. The number of amides is 2. The lowest BCUT2D eigenvalue weighted by atomic mass is 9.89. The second-order valence-electron chi connectivity index (χ2n) is 8.64. The van der Waals surface area contributed by atoms with Crippen molar-refractivity contribution in [3.05, 3.63) is 64.5 Å². The van der Waals surface area contributed by atoms with Crippen LogP contribution < -0.4 is 0 Å². The summed E-state index contributed by atoms with van der Waals surface area (Å²) in [5.74, 6) is -2.33. The van der Waals surface area contributed by atoms with Crippen LogP contribution in [-0.2, 0) is 0 Å². The monoisotopic (exact) mass is 442 g/mol. The number of carbonyl (C=O) groups is 2. The van der Waals surface area contributed by atoms with E-state index in [1.807, 2.05) is 31.0 Å². The maximum absolute atomic E-state index is 14.0. The van der Waals surface area contributed by atoms with Crippen LogP contribution in [0, 0.1) is 18.6 Å². The number of aromatic nitrogens is 1. The van der Waals surface area contributed by atoms with Gasteiger partial charge >= 0.3 is 0 Å². The number of likely N-dealkylation sites (N-methyl/N-ethyl adjacent to an activating group) is 1. The molecule has 0 N–H and O–H groups in total. The number of benzene rings is 1. The third-order valence-corrected chi connectivity index (χ3v) is 6.43. The van der Waals surface area contributed by atoms with Gasteiger partial charge in [0.2, 0.25) is 0 Å². The first-order chi connectivity index (χ1) is 15.3. The molecule has 2 aromatic rings. The predicted octanol–water partition coefficient (Wildman–Crippen LogP) is 3.08. The van der Waals surface area contributed by atoms with E-state index in [0.717, 1.165) is 36.6 Å². The van der Waals surface area contributed by atoms with Crippen molar-refractivity contribution in [1.82, 2.24) is 19.7 Å². The van der Waals surface area contributed by atoms with Gasteiger partial charge in [-0.25, -0.2) is 8.78 Å². The largest absolute Gasteiger partial charge is 0.338 e. The number of halogens is 2. The van der Waals surface area contributed by atoms with Gasteiger partial charge in [0.1, 0.15) is 17.2 Å². The molecule has 6 nitrogen and oxygen atoms in total. The van der Waals surface area contributed by atoms with Gasteiger partial charge in [-0.05, 0) is 51.1 Å². The highest BCUT2D eigenvalue weighted by molar-refractivity contribution is 5.96. The molecule has 1 aromatic carbocycles. The SMILES string of the molecule is Cc1ccc(C(=O)N2CCN(C)CC2)c(C2CCN(C(=O)c3c(F)cccc3F)CC2)n1. The molecule has 4 rings (SSSR count). The van der Waals surface area contributed by atoms with Crippen molar-refractivity contribution in [2.45, 2.75) is 25.7 Å². The lowest BCUT2D eigenvalue weighted by Crippen LogP contribution is -2.47. The van der Waals surface area contributed by atoms with Gasteiger partial charge in [-0.15, -0.1) is 0 Å². The second-order valence-corrected chi connectivity index (χ2v) is 8.64. The van der Waals surface area contributed by atoms with Crippen LogP contribution >= 0.6 is 0 Å². The Morgan fingerprint density at radius 1 is 0.875 bits per heavy atom. The lowest BCUT2D eigenvalue weighted by Gasteiger charge is -2.35. The van der Waals surface area contributed by atoms with E-state index in [1.165, 1.54) is 11.0 Å². The van der Waals surface area contributed by atoms with Crippen LogP contribution in [0.1, 0.15) is 50.9 Å². The average molecular weight is 443 g/mol. The van der Waals surface area contributed by atoms with Gasteiger partial charge in [-0.2, -0.15) is 0 Å². The lowest BCUT2D eigenvalue weighted by molar-refractivity contribution is 0.0653. The summed E-state index contributed by atoms with van der Waals surface area (Å²) in [6, 6.07) is 7.14. The molecule has 2 aliphatic heterocycles. The molecule has 170 valence electrons. The summed E-state index contributed by atoms with van der Waals surface area (Å²) < 4.78 is 28.1. The van der Waals surface area contributed by atoms with Crippen LogP contribution in [0.5, 0.6) is 0 Å². The molecule has 0 spiro atoms. The van der Waals surface area contributed by atoms with E-state index in [4.69, 9.17) is 4.98 Å².